The van der Waals surface area contributed by atoms with E-state index in [0.717, 1.165) is 13.1 Å². The average Bonchev–Trinajstić information content (AvgIpc) is 2.38. The minimum atomic E-state index is -2.91. The van der Waals surface area contributed by atoms with Crippen molar-refractivity contribution in [2.75, 3.05) is 38.7 Å². The highest BCUT2D eigenvalue weighted by Crippen LogP contribution is 2.20. The highest BCUT2D eigenvalue weighted by Gasteiger charge is 2.16. The molecule has 1 rings (SSSR count). The summed E-state index contributed by atoms with van der Waals surface area (Å²) in [6.45, 7) is 8.56. The van der Waals surface area contributed by atoms with Crippen molar-refractivity contribution < 1.29 is 8.42 Å². The van der Waals surface area contributed by atoms with E-state index < -0.39 is 9.84 Å². The lowest BCUT2D eigenvalue weighted by Crippen LogP contribution is -2.35. The Bertz CT molecular complexity index is 555. The normalized spacial score (nSPS) is 13.6. The molecule has 0 fully saturated rings. The van der Waals surface area contributed by atoms with Gasteiger partial charge in [0, 0.05) is 25.4 Å². The Morgan fingerprint density at radius 1 is 1.29 bits per heavy atom. The van der Waals surface area contributed by atoms with E-state index in [1.54, 1.807) is 0 Å². The van der Waals surface area contributed by atoms with Crippen LogP contribution >= 0.6 is 0 Å². The number of nitrogens with zero attached hydrogens (tertiary/aromatic N) is 1. The lowest BCUT2D eigenvalue weighted by molar-refractivity contribution is 0.306. The Labute approximate surface area is 129 Å². The summed E-state index contributed by atoms with van der Waals surface area (Å²) in [6.07, 6.45) is 1.29. The van der Waals surface area contributed by atoms with Gasteiger partial charge in [0.05, 0.1) is 5.75 Å². The van der Waals surface area contributed by atoms with Crippen molar-refractivity contribution in [1.82, 2.24) is 10.2 Å². The van der Waals surface area contributed by atoms with Gasteiger partial charge in [-0.25, -0.2) is 8.42 Å². The Morgan fingerprint density at radius 2 is 1.95 bits per heavy atom. The van der Waals surface area contributed by atoms with Gasteiger partial charge in [0.15, 0.2) is 0 Å². The summed E-state index contributed by atoms with van der Waals surface area (Å²) in [4.78, 5) is 2.08. The van der Waals surface area contributed by atoms with Crippen LogP contribution in [0.2, 0.25) is 0 Å². The van der Waals surface area contributed by atoms with E-state index in [0.29, 0.717) is 6.54 Å². The molecule has 1 unspecified atom stereocenters. The van der Waals surface area contributed by atoms with Gasteiger partial charge in [-0.1, -0.05) is 30.7 Å². The number of sulfone groups is 1. The molecule has 1 aromatic rings. The molecule has 0 heterocycles. The van der Waals surface area contributed by atoms with Crippen LogP contribution in [-0.2, 0) is 9.84 Å². The highest BCUT2D eigenvalue weighted by molar-refractivity contribution is 7.90. The Balaban J connectivity index is 2.79. The van der Waals surface area contributed by atoms with E-state index in [9.17, 15) is 8.42 Å². The molecule has 120 valence electrons. The summed E-state index contributed by atoms with van der Waals surface area (Å²) in [5, 5.41) is 3.50. The van der Waals surface area contributed by atoms with Crippen molar-refractivity contribution in [3.63, 3.8) is 0 Å². The van der Waals surface area contributed by atoms with Gasteiger partial charge in [0.2, 0.25) is 0 Å². The molecule has 0 bridgehead atoms. The van der Waals surface area contributed by atoms with Gasteiger partial charge in [-0.3, -0.25) is 0 Å². The van der Waals surface area contributed by atoms with Crippen LogP contribution in [0.5, 0.6) is 0 Å². The molecule has 21 heavy (non-hydrogen) atoms. The lowest BCUT2D eigenvalue weighted by Gasteiger charge is -2.26. The Morgan fingerprint density at radius 3 is 2.52 bits per heavy atom. The van der Waals surface area contributed by atoms with Gasteiger partial charge in [-0.2, -0.15) is 0 Å². The highest BCUT2D eigenvalue weighted by atomic mass is 32.2. The van der Waals surface area contributed by atoms with Crippen LogP contribution in [0.15, 0.2) is 18.2 Å². The third-order valence-corrected chi connectivity index (χ3v) is 4.52. The molecular weight excluding hydrogens is 284 g/mol. The molecule has 4 nitrogen and oxygen atoms in total. The number of hydrogen-bond donors (Lipinski definition) is 1. The third-order valence-electron chi connectivity index (χ3n) is 3.60. The molecule has 0 saturated heterocycles. The first-order valence-corrected chi connectivity index (χ1v) is 9.45. The predicted octanol–water partition coefficient (Wildman–Crippen LogP) is 1.93. The zero-order chi connectivity index (χ0) is 16.0. The zero-order valence-electron chi connectivity index (χ0n) is 13.8. The van der Waals surface area contributed by atoms with E-state index in [-0.39, 0.29) is 11.8 Å². The predicted molar refractivity (Wildman–Crippen MR) is 89.5 cm³/mol. The van der Waals surface area contributed by atoms with Crippen molar-refractivity contribution in [2.24, 2.45) is 0 Å². The standard InChI is InChI=1S/C16H28N2O2S/c1-6-17-16(12-18(4)9-10-21(5,19)20)15-11-13(2)7-8-14(15)3/h7-8,11,16-17H,6,9-10,12H2,1-5H3. The van der Waals surface area contributed by atoms with E-state index in [4.69, 9.17) is 0 Å². The summed E-state index contributed by atoms with van der Waals surface area (Å²) in [6, 6.07) is 6.70. The van der Waals surface area contributed by atoms with Gasteiger partial charge in [-0.05, 0) is 38.6 Å². The molecule has 1 N–H and O–H groups in total. The van der Waals surface area contributed by atoms with Crippen LogP contribution in [-0.4, -0.2) is 52.0 Å². The molecule has 0 aromatic heterocycles. The first-order valence-electron chi connectivity index (χ1n) is 7.39. The van der Waals surface area contributed by atoms with Gasteiger partial charge < -0.3 is 10.2 Å². The van der Waals surface area contributed by atoms with Crippen LogP contribution in [0.4, 0.5) is 0 Å². The second-order valence-electron chi connectivity index (χ2n) is 5.86. The smallest absolute Gasteiger partial charge is 0.148 e. The number of aryl methyl sites for hydroxylation is 2. The molecule has 1 atom stereocenters. The fourth-order valence-corrected chi connectivity index (χ4v) is 3.02. The molecule has 0 saturated carbocycles. The van der Waals surface area contributed by atoms with E-state index in [1.807, 2.05) is 7.05 Å². The van der Waals surface area contributed by atoms with Crippen LogP contribution in [0.3, 0.4) is 0 Å². The minimum absolute atomic E-state index is 0.204. The topological polar surface area (TPSA) is 49.4 Å². The van der Waals surface area contributed by atoms with Crippen molar-refractivity contribution in [2.45, 2.75) is 26.8 Å². The number of nitrogens with one attached hydrogen (secondary N) is 1. The molecule has 0 aliphatic rings. The van der Waals surface area contributed by atoms with E-state index >= 15 is 0 Å². The summed E-state index contributed by atoms with van der Waals surface area (Å²) < 4.78 is 22.5. The van der Waals surface area contributed by atoms with Crippen molar-refractivity contribution in [3.05, 3.63) is 34.9 Å². The molecule has 0 aliphatic carbocycles. The second-order valence-corrected chi connectivity index (χ2v) is 8.12. The Kier molecular flexibility index (Phi) is 6.84. The quantitative estimate of drug-likeness (QED) is 0.797. The maximum atomic E-state index is 11.3. The zero-order valence-corrected chi connectivity index (χ0v) is 14.6. The fraction of sp³-hybridized carbons (Fsp3) is 0.625. The second kappa shape index (κ2) is 7.92. The first kappa shape index (κ1) is 18.1. The Hall–Kier alpha value is -0.910. The summed E-state index contributed by atoms with van der Waals surface area (Å²) >= 11 is 0. The molecule has 5 heteroatoms. The van der Waals surface area contributed by atoms with Crippen LogP contribution < -0.4 is 5.32 Å². The number of benzene rings is 1. The molecule has 0 radical (unpaired) electrons. The van der Waals surface area contributed by atoms with Crippen molar-refractivity contribution in [3.8, 4) is 0 Å². The SMILES string of the molecule is CCNC(CN(C)CCS(C)(=O)=O)c1cc(C)ccc1C. The first-order chi connectivity index (χ1) is 9.73. The van der Waals surface area contributed by atoms with E-state index in [2.05, 4.69) is 49.2 Å². The average molecular weight is 312 g/mol. The van der Waals surface area contributed by atoms with Gasteiger partial charge in [0.1, 0.15) is 9.84 Å². The van der Waals surface area contributed by atoms with E-state index in [1.165, 1.54) is 22.9 Å². The molecule has 0 amide bonds. The minimum Gasteiger partial charge on any atom is -0.309 e. The largest absolute Gasteiger partial charge is 0.309 e. The maximum Gasteiger partial charge on any atom is 0.148 e. The maximum absolute atomic E-state index is 11.3. The van der Waals surface area contributed by atoms with Crippen LogP contribution in [0.25, 0.3) is 0 Å². The van der Waals surface area contributed by atoms with Crippen molar-refractivity contribution >= 4 is 9.84 Å². The van der Waals surface area contributed by atoms with Crippen molar-refractivity contribution in [1.29, 1.82) is 0 Å². The van der Waals surface area contributed by atoms with Gasteiger partial charge in [0.25, 0.3) is 0 Å². The van der Waals surface area contributed by atoms with Crippen LogP contribution in [0.1, 0.15) is 29.7 Å². The fourth-order valence-electron chi connectivity index (χ4n) is 2.38. The number of likely N-dealkylation sites (N-methyl/N-ethyl adjacent to an activating group) is 2. The number of hydrogen-bond acceptors (Lipinski definition) is 4. The molecular formula is C16H28N2O2S. The van der Waals surface area contributed by atoms with Crippen LogP contribution in [0, 0.1) is 13.8 Å². The third kappa shape index (κ3) is 6.59. The number of rotatable bonds is 8. The molecule has 1 aromatic carbocycles. The lowest BCUT2D eigenvalue weighted by atomic mass is 9.98. The molecule has 0 aliphatic heterocycles. The molecule has 0 spiro atoms. The monoisotopic (exact) mass is 312 g/mol. The van der Waals surface area contributed by atoms with Gasteiger partial charge >= 0.3 is 0 Å². The summed E-state index contributed by atoms with van der Waals surface area (Å²) in [5.74, 6) is 0.204. The van der Waals surface area contributed by atoms with Gasteiger partial charge in [-0.15, -0.1) is 0 Å². The summed E-state index contributed by atoms with van der Waals surface area (Å²) in [7, 11) is -0.936. The summed E-state index contributed by atoms with van der Waals surface area (Å²) in [5.41, 5.74) is 3.81.